The molecule has 33 heavy (non-hydrogen) atoms. The molecule has 0 aliphatic carbocycles. The van der Waals surface area contributed by atoms with E-state index in [1.807, 2.05) is 13.0 Å². The summed E-state index contributed by atoms with van der Waals surface area (Å²) in [6.07, 6.45) is 9.32. The van der Waals surface area contributed by atoms with Crippen molar-refractivity contribution in [3.8, 4) is 22.5 Å². The molecule has 0 fully saturated rings. The van der Waals surface area contributed by atoms with Gasteiger partial charge in [0.05, 0.1) is 17.6 Å². The minimum Gasteiger partial charge on any atom is -0.347 e. The van der Waals surface area contributed by atoms with Gasteiger partial charge in [0.25, 0.3) is 11.8 Å². The van der Waals surface area contributed by atoms with Gasteiger partial charge in [0.15, 0.2) is 0 Å². The molecule has 7 nitrogen and oxygen atoms in total. The van der Waals surface area contributed by atoms with E-state index in [0.717, 1.165) is 23.6 Å². The zero-order valence-corrected chi connectivity index (χ0v) is 18.0. The van der Waals surface area contributed by atoms with E-state index in [-0.39, 0.29) is 23.8 Å². The number of aromatic nitrogens is 5. The van der Waals surface area contributed by atoms with Crippen molar-refractivity contribution in [2.45, 2.75) is 26.3 Å². The number of pyridine rings is 3. The Bertz CT molecular complexity index is 1270. The summed E-state index contributed by atoms with van der Waals surface area (Å²) in [7, 11) is 0. The Morgan fingerprint density at radius 3 is 2.45 bits per heavy atom. The van der Waals surface area contributed by atoms with Crippen molar-refractivity contribution in [3.63, 3.8) is 0 Å². The average molecular weight is 446 g/mol. The number of nitrogens with one attached hydrogen (secondary N) is 1. The number of hydrogen-bond acceptors (Lipinski definition) is 6. The topological polar surface area (TPSA) is 93.6 Å². The molecule has 0 saturated heterocycles. The van der Waals surface area contributed by atoms with Crippen LogP contribution in [0.2, 0.25) is 0 Å². The number of halogens is 2. The first-order valence-corrected chi connectivity index (χ1v) is 10.1. The molecule has 0 aliphatic rings. The van der Waals surface area contributed by atoms with Gasteiger partial charge in [0.2, 0.25) is 0 Å². The van der Waals surface area contributed by atoms with Gasteiger partial charge >= 0.3 is 0 Å². The quantitative estimate of drug-likeness (QED) is 0.473. The van der Waals surface area contributed by atoms with Crippen molar-refractivity contribution < 1.29 is 13.6 Å². The lowest BCUT2D eigenvalue weighted by Gasteiger charge is -2.12. The van der Waals surface area contributed by atoms with Gasteiger partial charge in [0.1, 0.15) is 11.4 Å². The predicted octanol–water partition coefficient (Wildman–Crippen LogP) is 4.35. The van der Waals surface area contributed by atoms with Crippen LogP contribution in [0, 0.1) is 6.92 Å². The Labute approximate surface area is 189 Å². The summed E-state index contributed by atoms with van der Waals surface area (Å²) in [5.41, 5.74) is 4.10. The Kier molecular flexibility index (Phi) is 6.12. The molecule has 0 atom stereocenters. The molecule has 0 radical (unpaired) electrons. The first-order valence-electron chi connectivity index (χ1n) is 10.1. The van der Waals surface area contributed by atoms with Gasteiger partial charge in [-0.05, 0) is 42.3 Å². The van der Waals surface area contributed by atoms with E-state index in [1.165, 1.54) is 12.3 Å². The minimum atomic E-state index is -3.03. The summed E-state index contributed by atoms with van der Waals surface area (Å²) >= 11 is 0. The Morgan fingerprint density at radius 2 is 1.79 bits per heavy atom. The second-order valence-corrected chi connectivity index (χ2v) is 7.53. The highest BCUT2D eigenvalue weighted by Crippen LogP contribution is 2.29. The number of rotatable bonds is 6. The maximum atomic E-state index is 13.6. The van der Waals surface area contributed by atoms with E-state index < -0.39 is 5.92 Å². The number of amides is 1. The van der Waals surface area contributed by atoms with E-state index in [0.29, 0.717) is 17.0 Å². The molecular weight excluding hydrogens is 426 g/mol. The van der Waals surface area contributed by atoms with Gasteiger partial charge in [0, 0.05) is 55.6 Å². The van der Waals surface area contributed by atoms with E-state index in [9.17, 15) is 13.6 Å². The summed E-state index contributed by atoms with van der Waals surface area (Å²) in [4.78, 5) is 33.1. The van der Waals surface area contributed by atoms with E-state index in [4.69, 9.17) is 0 Å². The van der Waals surface area contributed by atoms with Crippen molar-refractivity contribution in [2.75, 3.05) is 0 Å². The molecular formula is C24H20F2N6O. The Balaban J connectivity index is 1.43. The molecule has 4 aromatic rings. The molecule has 1 amide bonds. The fourth-order valence-electron chi connectivity index (χ4n) is 3.25. The first kappa shape index (κ1) is 22.1. The van der Waals surface area contributed by atoms with Crippen LogP contribution in [0.3, 0.4) is 0 Å². The van der Waals surface area contributed by atoms with Gasteiger partial charge in [-0.25, -0.2) is 0 Å². The molecule has 0 aromatic carbocycles. The third-order valence-electron chi connectivity index (χ3n) is 4.93. The molecule has 0 unspecified atom stereocenters. The molecule has 166 valence electrons. The van der Waals surface area contributed by atoms with Crippen LogP contribution in [0.15, 0.2) is 67.5 Å². The molecule has 0 aliphatic heterocycles. The van der Waals surface area contributed by atoms with Gasteiger partial charge in [-0.15, -0.1) is 0 Å². The predicted molar refractivity (Wildman–Crippen MR) is 118 cm³/mol. The summed E-state index contributed by atoms with van der Waals surface area (Å²) in [5.74, 6) is -3.36. The lowest BCUT2D eigenvalue weighted by molar-refractivity contribution is 0.0128. The molecule has 9 heteroatoms. The second kappa shape index (κ2) is 9.15. The molecule has 0 spiro atoms. The SMILES string of the molecule is Cc1cc(CNC(=O)c2ccc(-c3cnccn3)cn2)cnc1-c1ccnc(C(C)(F)F)c1. The van der Waals surface area contributed by atoms with Crippen molar-refractivity contribution in [2.24, 2.45) is 0 Å². The van der Waals surface area contributed by atoms with Gasteiger partial charge in [-0.1, -0.05) is 6.07 Å². The van der Waals surface area contributed by atoms with Crippen LogP contribution < -0.4 is 5.32 Å². The maximum Gasteiger partial charge on any atom is 0.286 e. The number of carbonyl (C=O) groups is 1. The van der Waals surface area contributed by atoms with E-state index in [2.05, 4.69) is 30.2 Å². The van der Waals surface area contributed by atoms with Crippen LogP contribution in [0.25, 0.3) is 22.5 Å². The number of aryl methyl sites for hydroxylation is 1. The van der Waals surface area contributed by atoms with Crippen LogP contribution in [0.4, 0.5) is 8.78 Å². The zero-order chi connectivity index (χ0) is 23.4. The summed E-state index contributed by atoms with van der Waals surface area (Å²) < 4.78 is 27.2. The number of nitrogens with zero attached hydrogens (tertiary/aromatic N) is 5. The summed E-state index contributed by atoms with van der Waals surface area (Å²) in [6, 6.07) is 8.22. The van der Waals surface area contributed by atoms with Crippen LogP contribution in [-0.2, 0) is 12.5 Å². The third-order valence-corrected chi connectivity index (χ3v) is 4.93. The lowest BCUT2D eigenvalue weighted by atomic mass is 10.0. The van der Waals surface area contributed by atoms with Gasteiger partial charge < -0.3 is 5.32 Å². The standard InChI is InChI=1S/C24H20F2N6O/c1-15-9-16(11-31-22(15)17-5-6-29-21(10-17)24(2,25)26)12-32-23(33)19-4-3-18(13-30-19)20-14-27-7-8-28-20/h3-11,13-14H,12H2,1-2H3,(H,32,33). The minimum absolute atomic E-state index is 0.245. The lowest BCUT2D eigenvalue weighted by Crippen LogP contribution is -2.23. The van der Waals surface area contributed by atoms with Crippen molar-refractivity contribution in [1.29, 1.82) is 0 Å². The van der Waals surface area contributed by atoms with Crippen LogP contribution in [-0.4, -0.2) is 30.8 Å². The van der Waals surface area contributed by atoms with E-state index >= 15 is 0 Å². The molecule has 4 heterocycles. The Morgan fingerprint density at radius 1 is 0.939 bits per heavy atom. The smallest absolute Gasteiger partial charge is 0.286 e. The van der Waals surface area contributed by atoms with Crippen molar-refractivity contribution in [3.05, 3.63) is 90.0 Å². The number of carbonyl (C=O) groups excluding carboxylic acids is 1. The van der Waals surface area contributed by atoms with E-state index in [1.54, 1.807) is 49.2 Å². The molecule has 0 bridgehead atoms. The van der Waals surface area contributed by atoms with Crippen LogP contribution >= 0.6 is 0 Å². The molecule has 4 rings (SSSR count). The van der Waals surface area contributed by atoms with Crippen LogP contribution in [0.1, 0.15) is 34.2 Å². The fourth-order valence-corrected chi connectivity index (χ4v) is 3.25. The number of hydrogen-bond donors (Lipinski definition) is 1. The maximum absolute atomic E-state index is 13.6. The Hall–Kier alpha value is -4.14. The van der Waals surface area contributed by atoms with Gasteiger partial charge in [-0.3, -0.25) is 29.7 Å². The summed E-state index contributed by atoms with van der Waals surface area (Å²) in [6.45, 7) is 2.89. The second-order valence-electron chi connectivity index (χ2n) is 7.53. The van der Waals surface area contributed by atoms with Gasteiger partial charge in [-0.2, -0.15) is 8.78 Å². The van der Waals surface area contributed by atoms with Crippen molar-refractivity contribution >= 4 is 5.91 Å². The van der Waals surface area contributed by atoms with Crippen molar-refractivity contribution in [1.82, 2.24) is 30.2 Å². The zero-order valence-electron chi connectivity index (χ0n) is 18.0. The monoisotopic (exact) mass is 446 g/mol. The molecule has 1 N–H and O–H groups in total. The highest BCUT2D eigenvalue weighted by Gasteiger charge is 2.26. The molecule has 0 saturated carbocycles. The fraction of sp³-hybridized carbons (Fsp3) is 0.167. The largest absolute Gasteiger partial charge is 0.347 e. The first-order chi connectivity index (χ1) is 15.8. The average Bonchev–Trinajstić information content (AvgIpc) is 2.83. The summed E-state index contributed by atoms with van der Waals surface area (Å²) in [5, 5.41) is 2.81. The number of alkyl halides is 2. The highest BCUT2D eigenvalue weighted by molar-refractivity contribution is 5.92. The normalized spacial score (nSPS) is 11.3. The third kappa shape index (κ3) is 5.20. The van der Waals surface area contributed by atoms with Crippen LogP contribution in [0.5, 0.6) is 0 Å². The molecule has 4 aromatic heterocycles. The highest BCUT2D eigenvalue weighted by atomic mass is 19.3.